The molecule has 1 unspecified atom stereocenters. The molecule has 1 rings (SSSR count). The van der Waals surface area contributed by atoms with E-state index in [9.17, 15) is 8.42 Å². The van der Waals surface area contributed by atoms with Gasteiger partial charge in [-0.1, -0.05) is 32.4 Å². The number of sulfonamides is 1. The topological polar surface area (TPSA) is 46.2 Å². The fourth-order valence-electron chi connectivity index (χ4n) is 1.67. The van der Waals surface area contributed by atoms with Crippen LogP contribution in [0.3, 0.4) is 0 Å². The van der Waals surface area contributed by atoms with Crippen LogP contribution in [0.1, 0.15) is 25.8 Å². The summed E-state index contributed by atoms with van der Waals surface area (Å²) in [7, 11) is -3.31. The fourth-order valence-corrected chi connectivity index (χ4v) is 3.35. The van der Waals surface area contributed by atoms with Gasteiger partial charge in [0.15, 0.2) is 0 Å². The molecule has 0 aliphatic rings. The van der Waals surface area contributed by atoms with Crippen molar-refractivity contribution in [2.45, 2.75) is 26.7 Å². The summed E-state index contributed by atoms with van der Waals surface area (Å²) in [4.78, 5) is 0. The lowest BCUT2D eigenvalue weighted by Gasteiger charge is -2.11. The maximum atomic E-state index is 11.8. The standard InChI is InChI=1S/C13H20ClNO2S/c1-3-4-12-5-7-13(8-6-12)15-18(16,17)10-11(2)9-14/h5-8,11,15H,3-4,9-10H2,1-2H3. The average molecular weight is 290 g/mol. The molecule has 0 saturated carbocycles. The number of anilines is 1. The first-order valence-electron chi connectivity index (χ1n) is 6.12. The van der Waals surface area contributed by atoms with E-state index in [0.29, 0.717) is 11.6 Å². The largest absolute Gasteiger partial charge is 0.284 e. The van der Waals surface area contributed by atoms with Crippen LogP contribution in [-0.4, -0.2) is 20.1 Å². The zero-order chi connectivity index (χ0) is 13.6. The second kappa shape index (κ2) is 7.00. The van der Waals surface area contributed by atoms with Crippen LogP contribution in [0.5, 0.6) is 0 Å². The lowest BCUT2D eigenvalue weighted by Crippen LogP contribution is -2.22. The maximum absolute atomic E-state index is 11.8. The summed E-state index contributed by atoms with van der Waals surface area (Å²) in [5.41, 5.74) is 1.83. The average Bonchev–Trinajstić information content (AvgIpc) is 2.31. The van der Waals surface area contributed by atoms with Gasteiger partial charge < -0.3 is 0 Å². The first-order chi connectivity index (χ1) is 8.46. The second-order valence-corrected chi connectivity index (χ2v) is 6.67. The van der Waals surface area contributed by atoms with Crippen molar-refractivity contribution in [1.82, 2.24) is 0 Å². The van der Waals surface area contributed by atoms with Crippen molar-refractivity contribution in [2.24, 2.45) is 5.92 Å². The van der Waals surface area contributed by atoms with Crippen LogP contribution in [-0.2, 0) is 16.4 Å². The molecule has 1 atom stereocenters. The number of nitrogens with one attached hydrogen (secondary N) is 1. The van der Waals surface area contributed by atoms with Gasteiger partial charge in [-0.2, -0.15) is 0 Å². The van der Waals surface area contributed by atoms with Gasteiger partial charge in [0.25, 0.3) is 0 Å². The van der Waals surface area contributed by atoms with Gasteiger partial charge in [-0.15, -0.1) is 11.6 Å². The van der Waals surface area contributed by atoms with Crippen molar-refractivity contribution in [1.29, 1.82) is 0 Å². The Morgan fingerprint density at radius 3 is 2.39 bits per heavy atom. The van der Waals surface area contributed by atoms with Crippen molar-refractivity contribution in [3.8, 4) is 0 Å². The van der Waals surface area contributed by atoms with E-state index in [-0.39, 0.29) is 11.7 Å². The van der Waals surface area contributed by atoms with Crippen molar-refractivity contribution >= 4 is 27.3 Å². The predicted molar refractivity (Wildman–Crippen MR) is 77.7 cm³/mol. The second-order valence-electron chi connectivity index (χ2n) is 4.59. The van der Waals surface area contributed by atoms with Crippen LogP contribution in [0.25, 0.3) is 0 Å². The van der Waals surface area contributed by atoms with E-state index in [4.69, 9.17) is 11.6 Å². The van der Waals surface area contributed by atoms with Gasteiger partial charge in [0, 0.05) is 11.6 Å². The van der Waals surface area contributed by atoms with Crippen molar-refractivity contribution in [2.75, 3.05) is 16.4 Å². The molecule has 0 spiro atoms. The van der Waals surface area contributed by atoms with Crippen LogP contribution >= 0.6 is 11.6 Å². The third-order valence-electron chi connectivity index (χ3n) is 2.53. The molecule has 0 radical (unpaired) electrons. The molecule has 0 aliphatic carbocycles. The maximum Gasteiger partial charge on any atom is 0.233 e. The highest BCUT2D eigenvalue weighted by Gasteiger charge is 2.14. The van der Waals surface area contributed by atoms with Gasteiger partial charge >= 0.3 is 0 Å². The number of alkyl halides is 1. The van der Waals surface area contributed by atoms with E-state index in [2.05, 4.69) is 11.6 Å². The van der Waals surface area contributed by atoms with Gasteiger partial charge in [-0.3, -0.25) is 4.72 Å². The molecule has 0 amide bonds. The SMILES string of the molecule is CCCc1ccc(NS(=O)(=O)CC(C)CCl)cc1. The summed E-state index contributed by atoms with van der Waals surface area (Å²) in [6.45, 7) is 3.93. The van der Waals surface area contributed by atoms with E-state index < -0.39 is 10.0 Å². The number of hydrogen-bond acceptors (Lipinski definition) is 2. The van der Waals surface area contributed by atoms with E-state index >= 15 is 0 Å². The highest BCUT2D eigenvalue weighted by Crippen LogP contribution is 2.14. The van der Waals surface area contributed by atoms with Crippen molar-refractivity contribution < 1.29 is 8.42 Å². The van der Waals surface area contributed by atoms with Crippen LogP contribution in [0.15, 0.2) is 24.3 Å². The summed E-state index contributed by atoms with van der Waals surface area (Å²) in [5, 5.41) is 0. The lowest BCUT2D eigenvalue weighted by atomic mass is 10.1. The molecule has 0 aromatic heterocycles. The molecule has 5 heteroatoms. The Bertz CT molecular complexity index is 456. The minimum Gasteiger partial charge on any atom is -0.284 e. The van der Waals surface area contributed by atoms with Crippen molar-refractivity contribution in [3.63, 3.8) is 0 Å². The molecule has 0 aliphatic heterocycles. The molecule has 0 bridgehead atoms. The third kappa shape index (κ3) is 5.27. The molecule has 18 heavy (non-hydrogen) atoms. The third-order valence-corrected chi connectivity index (χ3v) is 4.61. The highest BCUT2D eigenvalue weighted by atomic mass is 35.5. The van der Waals surface area contributed by atoms with Crippen molar-refractivity contribution in [3.05, 3.63) is 29.8 Å². The van der Waals surface area contributed by atoms with Gasteiger partial charge in [-0.05, 0) is 30.0 Å². The van der Waals surface area contributed by atoms with E-state index in [0.717, 1.165) is 12.8 Å². The molecule has 0 fully saturated rings. The fraction of sp³-hybridized carbons (Fsp3) is 0.538. The normalized spacial score (nSPS) is 13.3. The minimum atomic E-state index is -3.31. The number of hydrogen-bond donors (Lipinski definition) is 1. The molecule has 3 nitrogen and oxygen atoms in total. The number of halogens is 1. The number of benzene rings is 1. The summed E-state index contributed by atoms with van der Waals surface area (Å²) < 4.78 is 26.2. The Labute approximate surface area is 115 Å². The van der Waals surface area contributed by atoms with Gasteiger partial charge in [0.1, 0.15) is 0 Å². The lowest BCUT2D eigenvalue weighted by molar-refractivity contribution is 0.588. The molecule has 1 aromatic carbocycles. The van der Waals surface area contributed by atoms with Crippen LogP contribution in [0.2, 0.25) is 0 Å². The van der Waals surface area contributed by atoms with E-state index in [1.54, 1.807) is 12.1 Å². The van der Waals surface area contributed by atoms with Crippen LogP contribution in [0.4, 0.5) is 5.69 Å². The predicted octanol–water partition coefficient (Wildman–Crippen LogP) is 3.26. The summed E-state index contributed by atoms with van der Waals surface area (Å²) in [6, 6.07) is 7.50. The van der Waals surface area contributed by atoms with Gasteiger partial charge in [0.05, 0.1) is 5.75 Å². The molecule has 102 valence electrons. The Morgan fingerprint density at radius 2 is 1.89 bits per heavy atom. The number of aryl methyl sites for hydroxylation is 1. The van der Waals surface area contributed by atoms with Crippen LogP contribution in [0, 0.1) is 5.92 Å². The molecule has 0 saturated heterocycles. The molecular formula is C13H20ClNO2S. The molecule has 0 heterocycles. The van der Waals surface area contributed by atoms with Gasteiger partial charge in [0.2, 0.25) is 10.0 Å². The van der Waals surface area contributed by atoms with E-state index in [1.807, 2.05) is 19.1 Å². The zero-order valence-electron chi connectivity index (χ0n) is 10.8. The monoisotopic (exact) mass is 289 g/mol. The minimum absolute atomic E-state index is 0.0488. The Kier molecular flexibility index (Phi) is 5.96. The van der Waals surface area contributed by atoms with Gasteiger partial charge in [-0.25, -0.2) is 8.42 Å². The smallest absolute Gasteiger partial charge is 0.233 e. The summed E-state index contributed by atoms with van der Waals surface area (Å²) in [5.74, 6) is 0.340. The first-order valence-corrected chi connectivity index (χ1v) is 8.31. The molecule has 1 N–H and O–H groups in total. The Hall–Kier alpha value is -0.740. The number of rotatable bonds is 7. The highest BCUT2D eigenvalue weighted by molar-refractivity contribution is 7.92. The summed E-state index contributed by atoms with van der Waals surface area (Å²) >= 11 is 5.62. The summed E-state index contributed by atoms with van der Waals surface area (Å²) in [6.07, 6.45) is 2.09. The first kappa shape index (κ1) is 15.3. The molecular weight excluding hydrogens is 270 g/mol. The molecule has 1 aromatic rings. The zero-order valence-corrected chi connectivity index (χ0v) is 12.4. The Balaban J connectivity index is 2.66. The Morgan fingerprint density at radius 1 is 1.28 bits per heavy atom. The van der Waals surface area contributed by atoms with Crippen LogP contribution < -0.4 is 4.72 Å². The quantitative estimate of drug-likeness (QED) is 0.783. The van der Waals surface area contributed by atoms with E-state index in [1.165, 1.54) is 5.56 Å².